The molecule has 0 atom stereocenters. The largest absolute Gasteiger partial charge is 0.290 e. The van der Waals surface area contributed by atoms with Crippen molar-refractivity contribution >= 4 is 11.6 Å². The van der Waals surface area contributed by atoms with Gasteiger partial charge in [0, 0.05) is 23.7 Å². The van der Waals surface area contributed by atoms with Crippen LogP contribution in [0, 0.1) is 0 Å². The maximum Gasteiger partial charge on any atom is 0.0494 e. The Morgan fingerprint density at radius 3 is 1.82 bits per heavy atom. The summed E-state index contributed by atoms with van der Waals surface area (Å²) >= 11 is 6.94. The smallest absolute Gasteiger partial charge is 0.0494 e. The van der Waals surface area contributed by atoms with Gasteiger partial charge in [-0.3, -0.25) is 4.90 Å². The van der Waals surface area contributed by atoms with E-state index in [1.807, 2.05) is 0 Å². The van der Waals surface area contributed by atoms with E-state index in [0.29, 0.717) is 0 Å². The predicted octanol–water partition coefficient (Wildman–Crippen LogP) is 6.05. The van der Waals surface area contributed by atoms with Gasteiger partial charge in [-0.15, -0.1) is 0 Å². The summed E-state index contributed by atoms with van der Waals surface area (Å²) in [6.45, 7) is 22.5. The molecular weight excluding hydrogens is 290 g/mol. The monoisotopic (exact) mass is 321 g/mol. The molecule has 0 aromatic heterocycles. The van der Waals surface area contributed by atoms with Crippen molar-refractivity contribution in [1.82, 2.24) is 4.90 Å². The van der Waals surface area contributed by atoms with Gasteiger partial charge in [0.15, 0.2) is 0 Å². The van der Waals surface area contributed by atoms with E-state index in [4.69, 9.17) is 11.6 Å². The number of nitrogens with zero attached hydrogens (tertiary/aromatic N) is 1. The minimum atomic E-state index is 0.0594. The Morgan fingerprint density at radius 2 is 1.41 bits per heavy atom. The van der Waals surface area contributed by atoms with Crippen LogP contribution >= 0.6 is 11.6 Å². The lowest BCUT2D eigenvalue weighted by Gasteiger charge is -2.32. The Kier molecular flexibility index (Phi) is 4.25. The van der Waals surface area contributed by atoms with Crippen LogP contribution in [0.5, 0.6) is 0 Å². The SMILES string of the molecule is CC(C)(C)c1cc2c(c(Cl)c1C(C)(C)C)CN(C(C)(C)C)C2. The molecule has 0 spiro atoms. The van der Waals surface area contributed by atoms with Crippen molar-refractivity contribution in [2.45, 2.75) is 91.8 Å². The zero-order valence-corrected chi connectivity index (χ0v) is 16.6. The van der Waals surface area contributed by atoms with Gasteiger partial charge in [0.05, 0.1) is 0 Å². The molecule has 0 unspecified atom stereocenters. The van der Waals surface area contributed by atoms with Crippen LogP contribution in [0.2, 0.25) is 5.02 Å². The first-order valence-corrected chi connectivity index (χ1v) is 8.71. The fraction of sp³-hybridized carbons (Fsp3) is 0.700. The number of hydrogen-bond donors (Lipinski definition) is 0. The number of benzene rings is 1. The quantitative estimate of drug-likeness (QED) is 0.562. The summed E-state index contributed by atoms with van der Waals surface area (Å²) in [7, 11) is 0. The van der Waals surface area contributed by atoms with E-state index in [1.54, 1.807) is 0 Å². The van der Waals surface area contributed by atoms with Gasteiger partial charge >= 0.3 is 0 Å². The molecule has 2 rings (SSSR count). The summed E-state index contributed by atoms with van der Waals surface area (Å²) in [6, 6.07) is 2.42. The fourth-order valence-corrected chi connectivity index (χ4v) is 3.87. The second kappa shape index (κ2) is 5.24. The van der Waals surface area contributed by atoms with Gasteiger partial charge in [0.1, 0.15) is 0 Å². The van der Waals surface area contributed by atoms with Crippen LogP contribution in [0.25, 0.3) is 0 Å². The average molecular weight is 322 g/mol. The maximum absolute atomic E-state index is 6.94. The molecule has 0 fully saturated rings. The van der Waals surface area contributed by atoms with E-state index in [-0.39, 0.29) is 16.4 Å². The Morgan fingerprint density at radius 1 is 0.864 bits per heavy atom. The molecule has 1 heterocycles. The van der Waals surface area contributed by atoms with Crippen molar-refractivity contribution in [2.24, 2.45) is 0 Å². The summed E-state index contributed by atoms with van der Waals surface area (Å²) in [4.78, 5) is 2.52. The minimum absolute atomic E-state index is 0.0594. The minimum Gasteiger partial charge on any atom is -0.290 e. The van der Waals surface area contributed by atoms with E-state index < -0.39 is 0 Å². The van der Waals surface area contributed by atoms with Crippen molar-refractivity contribution in [3.05, 3.63) is 33.3 Å². The molecular formula is C20H32ClN. The third-order valence-electron chi connectivity index (χ3n) is 4.68. The first kappa shape index (κ1) is 17.8. The van der Waals surface area contributed by atoms with Crippen molar-refractivity contribution in [1.29, 1.82) is 0 Å². The second-order valence-corrected chi connectivity index (χ2v) is 10.2. The molecule has 1 nitrogen and oxygen atoms in total. The number of hydrogen-bond acceptors (Lipinski definition) is 1. The molecule has 2 heteroatoms. The maximum atomic E-state index is 6.94. The Bertz CT molecular complexity index is 580. The van der Waals surface area contributed by atoms with Gasteiger partial charge in [0.2, 0.25) is 0 Å². The van der Waals surface area contributed by atoms with Gasteiger partial charge in [-0.1, -0.05) is 59.2 Å². The number of fused-ring (bicyclic) bond motifs is 1. The highest BCUT2D eigenvalue weighted by atomic mass is 35.5. The Labute approximate surface area is 142 Å². The van der Waals surface area contributed by atoms with Crippen LogP contribution in [-0.4, -0.2) is 10.4 Å². The molecule has 124 valence electrons. The van der Waals surface area contributed by atoms with Gasteiger partial charge in [-0.2, -0.15) is 0 Å². The van der Waals surface area contributed by atoms with Crippen LogP contribution in [0.4, 0.5) is 0 Å². The molecule has 22 heavy (non-hydrogen) atoms. The van der Waals surface area contributed by atoms with E-state index >= 15 is 0 Å². The van der Waals surface area contributed by atoms with Crippen LogP contribution in [0.15, 0.2) is 6.07 Å². The van der Waals surface area contributed by atoms with E-state index in [0.717, 1.165) is 18.1 Å². The Hall–Kier alpha value is -0.530. The van der Waals surface area contributed by atoms with Gasteiger partial charge in [-0.25, -0.2) is 0 Å². The van der Waals surface area contributed by atoms with Crippen LogP contribution in [0.1, 0.15) is 84.6 Å². The molecule has 1 aromatic carbocycles. The van der Waals surface area contributed by atoms with Gasteiger partial charge in [0.25, 0.3) is 0 Å². The number of rotatable bonds is 0. The summed E-state index contributed by atoms with van der Waals surface area (Å²) in [6.07, 6.45) is 0. The highest BCUT2D eigenvalue weighted by molar-refractivity contribution is 6.32. The topological polar surface area (TPSA) is 3.24 Å². The highest BCUT2D eigenvalue weighted by Gasteiger charge is 2.35. The fourth-order valence-electron chi connectivity index (χ4n) is 3.31. The van der Waals surface area contributed by atoms with Crippen LogP contribution < -0.4 is 0 Å². The predicted molar refractivity (Wildman–Crippen MR) is 97.9 cm³/mol. The third-order valence-corrected chi connectivity index (χ3v) is 5.09. The summed E-state index contributed by atoms with van der Waals surface area (Å²) in [5, 5.41) is 1.00. The molecule has 0 amide bonds. The molecule has 0 aliphatic carbocycles. The van der Waals surface area contributed by atoms with E-state index in [9.17, 15) is 0 Å². The molecule has 1 aliphatic rings. The lowest BCUT2D eigenvalue weighted by molar-refractivity contribution is 0.136. The summed E-state index contributed by atoms with van der Waals surface area (Å²) < 4.78 is 0. The molecule has 1 aromatic rings. The van der Waals surface area contributed by atoms with E-state index in [1.165, 1.54) is 22.3 Å². The lowest BCUT2D eigenvalue weighted by Crippen LogP contribution is -2.36. The third kappa shape index (κ3) is 3.21. The van der Waals surface area contributed by atoms with E-state index in [2.05, 4.69) is 73.3 Å². The highest BCUT2D eigenvalue weighted by Crippen LogP contribution is 2.44. The van der Waals surface area contributed by atoms with Crippen molar-refractivity contribution in [2.75, 3.05) is 0 Å². The molecule has 1 aliphatic heterocycles. The molecule has 0 radical (unpaired) electrons. The lowest BCUT2D eigenvalue weighted by atomic mass is 9.74. The molecule has 0 saturated heterocycles. The molecule has 0 bridgehead atoms. The zero-order valence-electron chi connectivity index (χ0n) is 15.8. The molecule has 0 saturated carbocycles. The standard InChI is InChI=1S/C20H32ClN/c1-18(2,3)15-10-13-11-22(20(7,8)9)12-14(13)17(21)16(15)19(4,5)6/h10H,11-12H2,1-9H3. The van der Waals surface area contributed by atoms with Crippen molar-refractivity contribution < 1.29 is 0 Å². The Balaban J connectivity index is 2.66. The first-order chi connectivity index (χ1) is 9.73. The van der Waals surface area contributed by atoms with Crippen LogP contribution in [0.3, 0.4) is 0 Å². The van der Waals surface area contributed by atoms with Crippen molar-refractivity contribution in [3.8, 4) is 0 Å². The average Bonchev–Trinajstić information content (AvgIpc) is 2.69. The van der Waals surface area contributed by atoms with Crippen molar-refractivity contribution in [3.63, 3.8) is 0 Å². The van der Waals surface area contributed by atoms with Crippen LogP contribution in [-0.2, 0) is 23.9 Å². The first-order valence-electron chi connectivity index (χ1n) is 8.33. The number of halogens is 1. The van der Waals surface area contributed by atoms with Gasteiger partial charge < -0.3 is 0 Å². The normalized spacial score (nSPS) is 17.0. The second-order valence-electron chi connectivity index (χ2n) is 9.78. The summed E-state index contributed by atoms with van der Waals surface area (Å²) in [5.41, 5.74) is 5.83. The van der Waals surface area contributed by atoms with Gasteiger partial charge in [-0.05, 0) is 53.9 Å². The summed E-state index contributed by atoms with van der Waals surface area (Å²) in [5.74, 6) is 0. The zero-order chi connectivity index (χ0) is 17.1. The molecule has 0 N–H and O–H groups in total.